The first kappa shape index (κ1) is 12.3. The van der Waals surface area contributed by atoms with E-state index in [9.17, 15) is 0 Å². The van der Waals surface area contributed by atoms with Crippen molar-refractivity contribution in [1.29, 1.82) is 0 Å². The molecule has 0 spiro atoms. The second-order valence-corrected chi connectivity index (χ2v) is 4.73. The SMILES string of the molecule is CCN(CC)CCNc1ncnc2ccsc12. The minimum Gasteiger partial charge on any atom is -0.367 e. The van der Waals surface area contributed by atoms with Gasteiger partial charge in [0.2, 0.25) is 0 Å². The third kappa shape index (κ3) is 2.92. The van der Waals surface area contributed by atoms with Gasteiger partial charge in [-0.05, 0) is 24.5 Å². The average Bonchev–Trinajstić information content (AvgIpc) is 2.83. The number of hydrogen-bond donors (Lipinski definition) is 1. The molecule has 17 heavy (non-hydrogen) atoms. The molecule has 0 aromatic carbocycles. The normalized spacial score (nSPS) is 11.2. The van der Waals surface area contributed by atoms with Gasteiger partial charge in [-0.1, -0.05) is 13.8 Å². The van der Waals surface area contributed by atoms with Crippen molar-refractivity contribution in [3.63, 3.8) is 0 Å². The molecule has 2 aromatic rings. The molecule has 0 aliphatic heterocycles. The van der Waals surface area contributed by atoms with E-state index in [1.165, 1.54) is 0 Å². The third-order valence-corrected chi connectivity index (χ3v) is 3.77. The number of nitrogens with one attached hydrogen (secondary N) is 1. The number of anilines is 1. The summed E-state index contributed by atoms with van der Waals surface area (Å²) in [5.74, 6) is 0.956. The van der Waals surface area contributed by atoms with E-state index in [1.807, 2.05) is 6.07 Å². The van der Waals surface area contributed by atoms with Crippen LogP contribution in [0, 0.1) is 0 Å². The van der Waals surface area contributed by atoms with Crippen LogP contribution < -0.4 is 5.32 Å². The van der Waals surface area contributed by atoms with Gasteiger partial charge in [-0.3, -0.25) is 0 Å². The monoisotopic (exact) mass is 250 g/mol. The van der Waals surface area contributed by atoms with Crippen LogP contribution in [0.5, 0.6) is 0 Å². The number of rotatable bonds is 6. The highest BCUT2D eigenvalue weighted by atomic mass is 32.1. The molecule has 5 heteroatoms. The van der Waals surface area contributed by atoms with E-state index in [-0.39, 0.29) is 0 Å². The topological polar surface area (TPSA) is 41.0 Å². The number of likely N-dealkylation sites (N-methyl/N-ethyl adjacent to an activating group) is 1. The maximum atomic E-state index is 4.30. The molecule has 0 aliphatic rings. The minimum atomic E-state index is 0.922. The summed E-state index contributed by atoms with van der Waals surface area (Å²) in [5, 5.41) is 5.44. The molecule has 4 nitrogen and oxygen atoms in total. The molecule has 0 unspecified atom stereocenters. The van der Waals surface area contributed by atoms with E-state index in [2.05, 4.69) is 39.4 Å². The summed E-state index contributed by atoms with van der Waals surface area (Å²) in [7, 11) is 0. The predicted octanol–water partition coefficient (Wildman–Crippen LogP) is 2.45. The fourth-order valence-electron chi connectivity index (χ4n) is 1.79. The average molecular weight is 250 g/mol. The zero-order valence-electron chi connectivity index (χ0n) is 10.3. The van der Waals surface area contributed by atoms with Crippen LogP contribution in [0.4, 0.5) is 5.82 Å². The second kappa shape index (κ2) is 5.93. The second-order valence-electron chi connectivity index (χ2n) is 3.81. The Labute approximate surface area is 106 Å². The van der Waals surface area contributed by atoms with Gasteiger partial charge in [-0.15, -0.1) is 11.3 Å². The molecule has 2 heterocycles. The van der Waals surface area contributed by atoms with Gasteiger partial charge in [0.1, 0.15) is 12.1 Å². The number of aromatic nitrogens is 2. The first-order valence-corrected chi connectivity index (χ1v) is 6.87. The molecular formula is C12H18N4S. The molecule has 2 rings (SSSR count). The van der Waals surface area contributed by atoms with Crippen LogP contribution >= 0.6 is 11.3 Å². The van der Waals surface area contributed by atoms with E-state index < -0.39 is 0 Å². The Morgan fingerprint density at radius 1 is 1.29 bits per heavy atom. The zero-order valence-corrected chi connectivity index (χ0v) is 11.1. The van der Waals surface area contributed by atoms with E-state index >= 15 is 0 Å². The first-order valence-electron chi connectivity index (χ1n) is 5.99. The summed E-state index contributed by atoms with van der Waals surface area (Å²) in [6.45, 7) is 8.53. The largest absolute Gasteiger partial charge is 0.367 e. The Balaban J connectivity index is 1.97. The van der Waals surface area contributed by atoms with Crippen LogP contribution in [0.25, 0.3) is 10.2 Å². The van der Waals surface area contributed by atoms with E-state index in [0.717, 1.165) is 42.2 Å². The number of fused-ring (bicyclic) bond motifs is 1. The molecule has 1 N–H and O–H groups in total. The Morgan fingerprint density at radius 2 is 2.12 bits per heavy atom. The standard InChI is InChI=1S/C12H18N4S/c1-3-16(4-2)7-6-13-12-11-10(5-8-17-11)14-9-15-12/h5,8-9H,3-4,6-7H2,1-2H3,(H,13,14,15). The smallest absolute Gasteiger partial charge is 0.147 e. The van der Waals surface area contributed by atoms with Crippen LogP contribution in [0.2, 0.25) is 0 Å². The highest BCUT2D eigenvalue weighted by Crippen LogP contribution is 2.24. The number of hydrogen-bond acceptors (Lipinski definition) is 5. The molecule has 0 saturated heterocycles. The molecule has 92 valence electrons. The number of nitrogens with zero attached hydrogens (tertiary/aromatic N) is 3. The molecule has 2 aromatic heterocycles. The summed E-state index contributed by atoms with van der Waals surface area (Å²) >= 11 is 1.68. The van der Waals surface area contributed by atoms with Gasteiger partial charge < -0.3 is 10.2 Å². The van der Waals surface area contributed by atoms with Gasteiger partial charge >= 0.3 is 0 Å². The Bertz CT molecular complexity index is 464. The van der Waals surface area contributed by atoms with E-state index in [4.69, 9.17) is 0 Å². The quantitative estimate of drug-likeness (QED) is 0.855. The molecule has 0 saturated carbocycles. The lowest BCUT2D eigenvalue weighted by molar-refractivity contribution is 0.316. The molecule has 0 radical (unpaired) electrons. The van der Waals surface area contributed by atoms with Gasteiger partial charge in [0.15, 0.2) is 0 Å². The minimum absolute atomic E-state index is 0.922. The fourth-order valence-corrected chi connectivity index (χ4v) is 2.60. The lowest BCUT2D eigenvalue weighted by Gasteiger charge is -2.18. The van der Waals surface area contributed by atoms with Crippen LogP contribution in [0.15, 0.2) is 17.8 Å². The Kier molecular flexibility index (Phi) is 4.28. The maximum absolute atomic E-state index is 4.30. The van der Waals surface area contributed by atoms with Gasteiger partial charge in [-0.25, -0.2) is 9.97 Å². The Hall–Kier alpha value is -1.20. The lowest BCUT2D eigenvalue weighted by Crippen LogP contribution is -2.28. The van der Waals surface area contributed by atoms with Crippen molar-refractivity contribution < 1.29 is 0 Å². The molecule has 0 atom stereocenters. The molecule has 0 bridgehead atoms. The van der Waals surface area contributed by atoms with Gasteiger partial charge in [-0.2, -0.15) is 0 Å². The summed E-state index contributed by atoms with van der Waals surface area (Å²) in [5.41, 5.74) is 1.02. The van der Waals surface area contributed by atoms with Crippen molar-refractivity contribution in [2.45, 2.75) is 13.8 Å². The summed E-state index contributed by atoms with van der Waals surface area (Å²) < 4.78 is 1.15. The molecule has 0 aliphatic carbocycles. The van der Waals surface area contributed by atoms with Gasteiger partial charge in [0.05, 0.1) is 10.2 Å². The van der Waals surface area contributed by atoms with Crippen LogP contribution in [-0.4, -0.2) is 41.0 Å². The molecular weight excluding hydrogens is 232 g/mol. The highest BCUT2D eigenvalue weighted by Gasteiger charge is 2.04. The van der Waals surface area contributed by atoms with Gasteiger partial charge in [0, 0.05) is 13.1 Å². The van der Waals surface area contributed by atoms with Crippen LogP contribution in [0.1, 0.15) is 13.8 Å². The fraction of sp³-hybridized carbons (Fsp3) is 0.500. The van der Waals surface area contributed by atoms with Crippen LogP contribution in [-0.2, 0) is 0 Å². The lowest BCUT2D eigenvalue weighted by atomic mass is 10.4. The third-order valence-electron chi connectivity index (χ3n) is 2.86. The predicted molar refractivity (Wildman–Crippen MR) is 73.7 cm³/mol. The van der Waals surface area contributed by atoms with Crippen LogP contribution in [0.3, 0.4) is 0 Å². The summed E-state index contributed by atoms with van der Waals surface area (Å²) in [6.07, 6.45) is 1.62. The summed E-state index contributed by atoms with van der Waals surface area (Å²) in [6, 6.07) is 2.03. The summed E-state index contributed by atoms with van der Waals surface area (Å²) in [4.78, 5) is 10.9. The first-order chi connectivity index (χ1) is 8.35. The maximum Gasteiger partial charge on any atom is 0.147 e. The van der Waals surface area contributed by atoms with Crippen molar-refractivity contribution in [2.75, 3.05) is 31.5 Å². The van der Waals surface area contributed by atoms with Crippen molar-refractivity contribution in [1.82, 2.24) is 14.9 Å². The van der Waals surface area contributed by atoms with E-state index in [0.29, 0.717) is 0 Å². The number of thiophene rings is 1. The zero-order chi connectivity index (χ0) is 12.1. The van der Waals surface area contributed by atoms with Crippen molar-refractivity contribution >= 4 is 27.4 Å². The molecule has 0 amide bonds. The Morgan fingerprint density at radius 3 is 2.88 bits per heavy atom. The highest BCUT2D eigenvalue weighted by molar-refractivity contribution is 7.17. The van der Waals surface area contributed by atoms with Crippen molar-refractivity contribution in [3.05, 3.63) is 17.8 Å². The van der Waals surface area contributed by atoms with E-state index in [1.54, 1.807) is 17.7 Å². The molecule has 0 fully saturated rings. The van der Waals surface area contributed by atoms with Gasteiger partial charge in [0.25, 0.3) is 0 Å². The van der Waals surface area contributed by atoms with Crippen molar-refractivity contribution in [3.8, 4) is 0 Å². The van der Waals surface area contributed by atoms with Crippen molar-refractivity contribution in [2.24, 2.45) is 0 Å².